The maximum absolute atomic E-state index is 13.4. The van der Waals surface area contributed by atoms with Gasteiger partial charge in [-0.25, -0.2) is 4.39 Å². The van der Waals surface area contributed by atoms with Gasteiger partial charge >= 0.3 is 0 Å². The largest absolute Gasteiger partial charge is 0.405 e. The topological polar surface area (TPSA) is 12.5 Å². The molecule has 1 aliphatic heterocycles. The third-order valence-corrected chi connectivity index (χ3v) is 11.5. The van der Waals surface area contributed by atoms with E-state index < -0.39 is 8.32 Å². The second kappa shape index (κ2) is 9.14. The van der Waals surface area contributed by atoms with Crippen LogP contribution in [0.1, 0.15) is 26.3 Å². The van der Waals surface area contributed by atoms with Crippen LogP contribution in [0.3, 0.4) is 0 Å². The molecule has 3 aromatic carbocycles. The lowest BCUT2D eigenvalue weighted by Crippen LogP contribution is -2.67. The van der Waals surface area contributed by atoms with Crippen LogP contribution in [-0.2, 0) is 4.43 Å². The standard InChI is InChI=1S/C28H32FNOSi/c1-28(2,3)32(26-11-7-5-8-12-26,27-13-9-6-10-14-27)31-21-25-19-23(20-30(25)4)22-15-17-24(29)18-16-22/h5-19,25H,20-21H2,1-4H3/t25-/m0/s1. The van der Waals surface area contributed by atoms with Crippen LogP contribution in [0.2, 0.25) is 5.04 Å². The van der Waals surface area contributed by atoms with Crippen molar-refractivity contribution >= 4 is 24.3 Å². The van der Waals surface area contributed by atoms with Crippen LogP contribution in [0.4, 0.5) is 4.39 Å². The lowest BCUT2D eigenvalue weighted by atomic mass is 10.1. The molecule has 0 spiro atoms. The second-order valence-corrected chi connectivity index (χ2v) is 14.0. The van der Waals surface area contributed by atoms with Crippen molar-refractivity contribution in [3.05, 3.63) is 102 Å². The quantitative estimate of drug-likeness (QED) is 0.490. The molecule has 0 radical (unpaired) electrons. The third-order valence-electron chi connectivity index (χ3n) is 6.48. The smallest absolute Gasteiger partial charge is 0.261 e. The van der Waals surface area contributed by atoms with Crippen LogP contribution in [-0.4, -0.2) is 39.5 Å². The van der Waals surface area contributed by atoms with Gasteiger partial charge in [0.05, 0.1) is 12.6 Å². The Morgan fingerprint density at radius 2 is 1.41 bits per heavy atom. The highest BCUT2D eigenvalue weighted by atomic mass is 28.4. The van der Waals surface area contributed by atoms with Gasteiger partial charge in [0, 0.05) is 6.54 Å². The molecule has 0 saturated carbocycles. The van der Waals surface area contributed by atoms with Gasteiger partial charge in [0.25, 0.3) is 8.32 Å². The van der Waals surface area contributed by atoms with Crippen LogP contribution < -0.4 is 10.4 Å². The van der Waals surface area contributed by atoms with E-state index in [1.165, 1.54) is 28.1 Å². The molecule has 0 fully saturated rings. The van der Waals surface area contributed by atoms with E-state index in [4.69, 9.17) is 4.43 Å². The molecule has 1 heterocycles. The van der Waals surface area contributed by atoms with E-state index in [0.29, 0.717) is 6.61 Å². The van der Waals surface area contributed by atoms with Crippen molar-refractivity contribution in [2.75, 3.05) is 20.2 Å². The van der Waals surface area contributed by atoms with Crippen LogP contribution in [0.15, 0.2) is 91.0 Å². The summed E-state index contributed by atoms with van der Waals surface area (Å²) in [6.07, 6.45) is 2.28. The van der Waals surface area contributed by atoms with E-state index in [0.717, 1.165) is 12.1 Å². The lowest BCUT2D eigenvalue weighted by Gasteiger charge is -2.43. The molecule has 0 unspecified atom stereocenters. The predicted octanol–water partition coefficient (Wildman–Crippen LogP) is 5.10. The molecule has 0 amide bonds. The maximum Gasteiger partial charge on any atom is 0.261 e. The summed E-state index contributed by atoms with van der Waals surface area (Å²) in [5.41, 5.74) is 2.30. The fourth-order valence-electron chi connectivity index (χ4n) is 4.80. The van der Waals surface area contributed by atoms with Crippen molar-refractivity contribution in [1.82, 2.24) is 4.90 Å². The van der Waals surface area contributed by atoms with Gasteiger partial charge < -0.3 is 4.43 Å². The minimum atomic E-state index is -2.56. The van der Waals surface area contributed by atoms with E-state index in [9.17, 15) is 4.39 Å². The Morgan fingerprint density at radius 3 is 1.91 bits per heavy atom. The summed E-state index contributed by atoms with van der Waals surface area (Å²) in [6, 6.07) is 28.5. The molecule has 4 rings (SSSR count). The number of benzene rings is 3. The molecule has 1 atom stereocenters. The second-order valence-electron chi connectivity index (χ2n) is 9.66. The van der Waals surface area contributed by atoms with E-state index in [1.54, 1.807) is 0 Å². The summed E-state index contributed by atoms with van der Waals surface area (Å²) >= 11 is 0. The SMILES string of the molecule is CN1CC(c2ccc(F)cc2)=C[C@H]1CO[Si](c1ccccc1)(c1ccccc1)C(C)(C)C. The number of halogens is 1. The Bertz CT molecular complexity index is 1020. The van der Waals surface area contributed by atoms with Gasteiger partial charge in [-0.3, -0.25) is 4.90 Å². The van der Waals surface area contributed by atoms with Crippen molar-refractivity contribution < 1.29 is 8.82 Å². The van der Waals surface area contributed by atoms with Gasteiger partial charge in [0.2, 0.25) is 0 Å². The zero-order chi connectivity index (χ0) is 22.8. The molecule has 0 saturated heterocycles. The van der Waals surface area contributed by atoms with Gasteiger partial charge in [0.1, 0.15) is 5.82 Å². The molecule has 3 aromatic rings. The van der Waals surface area contributed by atoms with Crippen molar-refractivity contribution in [1.29, 1.82) is 0 Å². The first kappa shape index (κ1) is 22.7. The summed E-state index contributed by atoms with van der Waals surface area (Å²) in [7, 11) is -0.429. The highest BCUT2D eigenvalue weighted by Gasteiger charge is 2.50. The summed E-state index contributed by atoms with van der Waals surface area (Å²) in [6.45, 7) is 8.36. The lowest BCUT2D eigenvalue weighted by molar-refractivity contribution is 0.206. The fourth-order valence-corrected chi connectivity index (χ4v) is 9.37. The Balaban J connectivity index is 1.69. The zero-order valence-corrected chi connectivity index (χ0v) is 20.4. The molecule has 0 N–H and O–H groups in total. The van der Waals surface area contributed by atoms with Crippen LogP contribution in [0.25, 0.3) is 5.57 Å². The summed E-state index contributed by atoms with van der Waals surface area (Å²) in [5, 5.41) is 2.54. The monoisotopic (exact) mass is 445 g/mol. The minimum Gasteiger partial charge on any atom is -0.405 e. The van der Waals surface area contributed by atoms with Crippen LogP contribution in [0, 0.1) is 5.82 Å². The molecular formula is C28H32FNOSi. The van der Waals surface area contributed by atoms with Gasteiger partial charge in [-0.2, -0.15) is 0 Å². The summed E-state index contributed by atoms with van der Waals surface area (Å²) < 4.78 is 20.5. The summed E-state index contributed by atoms with van der Waals surface area (Å²) in [4.78, 5) is 2.32. The molecule has 2 nitrogen and oxygen atoms in total. The molecule has 4 heteroatoms. The molecule has 1 aliphatic rings. The zero-order valence-electron chi connectivity index (χ0n) is 19.4. The first-order chi connectivity index (χ1) is 15.3. The van der Waals surface area contributed by atoms with E-state index in [2.05, 4.69) is 99.5 Å². The van der Waals surface area contributed by atoms with Gasteiger partial charge in [-0.1, -0.05) is 99.6 Å². The van der Waals surface area contributed by atoms with Crippen LogP contribution in [0.5, 0.6) is 0 Å². The van der Waals surface area contributed by atoms with Crippen molar-refractivity contribution in [3.63, 3.8) is 0 Å². The number of likely N-dealkylation sites (N-methyl/N-ethyl adjacent to an activating group) is 1. The highest BCUT2D eigenvalue weighted by molar-refractivity contribution is 6.99. The molecule has 0 aromatic heterocycles. The van der Waals surface area contributed by atoms with Gasteiger partial charge in [-0.15, -0.1) is 0 Å². The molecule has 0 aliphatic carbocycles. The number of rotatable bonds is 6. The third kappa shape index (κ3) is 4.36. The number of hydrogen-bond acceptors (Lipinski definition) is 2. The summed E-state index contributed by atoms with van der Waals surface area (Å²) in [5.74, 6) is -0.202. The van der Waals surface area contributed by atoms with Crippen molar-refractivity contribution in [2.24, 2.45) is 0 Å². The van der Waals surface area contributed by atoms with Gasteiger partial charge in [0.15, 0.2) is 0 Å². The first-order valence-corrected chi connectivity index (χ1v) is 13.1. The maximum atomic E-state index is 13.4. The Kier molecular flexibility index (Phi) is 6.47. The van der Waals surface area contributed by atoms with E-state index >= 15 is 0 Å². The average molecular weight is 446 g/mol. The van der Waals surface area contributed by atoms with Crippen molar-refractivity contribution in [2.45, 2.75) is 31.9 Å². The average Bonchev–Trinajstić information content (AvgIpc) is 3.16. The molecule has 0 bridgehead atoms. The molecule has 166 valence electrons. The number of nitrogens with zero attached hydrogens (tertiary/aromatic N) is 1. The normalized spacial score (nSPS) is 17.4. The minimum absolute atomic E-state index is 0.0453. The fraction of sp³-hybridized carbons (Fsp3) is 0.286. The van der Waals surface area contributed by atoms with Gasteiger partial charge in [-0.05, 0) is 45.7 Å². The predicted molar refractivity (Wildman–Crippen MR) is 134 cm³/mol. The highest BCUT2D eigenvalue weighted by Crippen LogP contribution is 2.37. The first-order valence-electron chi connectivity index (χ1n) is 11.2. The molecule has 32 heavy (non-hydrogen) atoms. The van der Waals surface area contributed by atoms with Crippen LogP contribution >= 0.6 is 0 Å². The number of hydrogen-bond donors (Lipinski definition) is 0. The molecular weight excluding hydrogens is 413 g/mol. The van der Waals surface area contributed by atoms with E-state index in [-0.39, 0.29) is 16.9 Å². The van der Waals surface area contributed by atoms with Crippen molar-refractivity contribution in [3.8, 4) is 0 Å². The Labute approximate surface area is 192 Å². The Morgan fingerprint density at radius 1 is 0.875 bits per heavy atom. The Hall–Kier alpha value is -2.53. The van der Waals surface area contributed by atoms with E-state index in [1.807, 2.05) is 12.1 Å².